The lowest BCUT2D eigenvalue weighted by Crippen LogP contribution is -2.20. The van der Waals surface area contributed by atoms with Gasteiger partial charge in [-0.1, -0.05) is 12.1 Å². The summed E-state index contributed by atoms with van der Waals surface area (Å²) in [4.78, 5) is 12.0. The van der Waals surface area contributed by atoms with Crippen LogP contribution in [-0.4, -0.2) is 22.3 Å². The van der Waals surface area contributed by atoms with Crippen molar-refractivity contribution in [1.82, 2.24) is 9.78 Å². The Morgan fingerprint density at radius 2 is 2.19 bits per heavy atom. The fraction of sp³-hybridized carbons (Fsp3) is 0.231. The molecule has 21 heavy (non-hydrogen) atoms. The van der Waals surface area contributed by atoms with Crippen molar-refractivity contribution in [3.63, 3.8) is 0 Å². The SMILES string of the molecule is Cc1c(Br)cnn1CC(=O)Nc1ccccc1OC(F)F. The first-order valence-corrected chi connectivity index (χ1v) is 6.78. The lowest BCUT2D eigenvalue weighted by Gasteiger charge is -2.12. The van der Waals surface area contributed by atoms with Crippen molar-refractivity contribution < 1.29 is 18.3 Å². The van der Waals surface area contributed by atoms with Crippen LogP contribution in [0, 0.1) is 6.92 Å². The first-order valence-electron chi connectivity index (χ1n) is 5.99. The summed E-state index contributed by atoms with van der Waals surface area (Å²) < 4.78 is 31.2. The zero-order chi connectivity index (χ0) is 15.4. The number of ether oxygens (including phenoxy) is 1. The highest BCUT2D eigenvalue weighted by Crippen LogP contribution is 2.25. The van der Waals surface area contributed by atoms with Crippen LogP contribution in [0.3, 0.4) is 0 Å². The lowest BCUT2D eigenvalue weighted by molar-refractivity contribution is -0.117. The van der Waals surface area contributed by atoms with Crippen molar-refractivity contribution in [2.24, 2.45) is 0 Å². The number of nitrogens with zero attached hydrogens (tertiary/aromatic N) is 2. The smallest absolute Gasteiger partial charge is 0.387 e. The van der Waals surface area contributed by atoms with E-state index in [1.54, 1.807) is 25.3 Å². The van der Waals surface area contributed by atoms with Gasteiger partial charge in [-0.3, -0.25) is 9.48 Å². The molecular weight excluding hydrogens is 348 g/mol. The van der Waals surface area contributed by atoms with Gasteiger partial charge in [0, 0.05) is 0 Å². The minimum atomic E-state index is -2.95. The molecule has 0 atom stereocenters. The van der Waals surface area contributed by atoms with Crippen LogP contribution in [-0.2, 0) is 11.3 Å². The van der Waals surface area contributed by atoms with E-state index in [2.05, 4.69) is 31.1 Å². The monoisotopic (exact) mass is 359 g/mol. The molecule has 1 heterocycles. The molecule has 0 bridgehead atoms. The fourth-order valence-corrected chi connectivity index (χ4v) is 1.97. The first kappa shape index (κ1) is 15.4. The summed E-state index contributed by atoms with van der Waals surface area (Å²) in [7, 11) is 0. The number of carbonyl (C=O) groups is 1. The minimum absolute atomic E-state index is 0.0273. The summed E-state index contributed by atoms with van der Waals surface area (Å²) in [5.74, 6) is -0.474. The van der Waals surface area contributed by atoms with Gasteiger partial charge in [0.25, 0.3) is 0 Å². The van der Waals surface area contributed by atoms with Gasteiger partial charge in [0.05, 0.1) is 22.1 Å². The molecule has 112 valence electrons. The zero-order valence-corrected chi connectivity index (χ0v) is 12.6. The van der Waals surface area contributed by atoms with Crippen LogP contribution >= 0.6 is 15.9 Å². The van der Waals surface area contributed by atoms with E-state index in [1.807, 2.05) is 0 Å². The quantitative estimate of drug-likeness (QED) is 0.891. The maximum atomic E-state index is 12.3. The third-order valence-corrected chi connectivity index (χ3v) is 3.49. The van der Waals surface area contributed by atoms with E-state index in [1.165, 1.54) is 16.8 Å². The molecule has 0 unspecified atom stereocenters. The van der Waals surface area contributed by atoms with Crippen LogP contribution in [0.2, 0.25) is 0 Å². The zero-order valence-electron chi connectivity index (χ0n) is 11.0. The normalized spacial score (nSPS) is 10.7. The topological polar surface area (TPSA) is 56.2 Å². The Balaban J connectivity index is 2.08. The van der Waals surface area contributed by atoms with Gasteiger partial charge in [-0.25, -0.2) is 0 Å². The van der Waals surface area contributed by atoms with E-state index in [4.69, 9.17) is 0 Å². The number of halogens is 3. The first-order chi connectivity index (χ1) is 9.97. The average molecular weight is 360 g/mol. The summed E-state index contributed by atoms with van der Waals surface area (Å²) in [6, 6.07) is 6.00. The molecule has 0 aliphatic rings. The molecule has 1 aromatic carbocycles. The van der Waals surface area contributed by atoms with Crippen molar-refractivity contribution >= 4 is 27.5 Å². The van der Waals surface area contributed by atoms with Crippen LogP contribution in [0.4, 0.5) is 14.5 Å². The highest BCUT2D eigenvalue weighted by molar-refractivity contribution is 9.10. The van der Waals surface area contributed by atoms with Crippen molar-refractivity contribution in [2.75, 3.05) is 5.32 Å². The van der Waals surface area contributed by atoms with Crippen LogP contribution in [0.25, 0.3) is 0 Å². The number of amides is 1. The molecule has 0 aliphatic carbocycles. The van der Waals surface area contributed by atoms with Crippen molar-refractivity contribution in [1.29, 1.82) is 0 Å². The number of nitrogens with one attached hydrogen (secondary N) is 1. The van der Waals surface area contributed by atoms with Gasteiger partial charge in [-0.05, 0) is 35.0 Å². The summed E-state index contributed by atoms with van der Waals surface area (Å²) >= 11 is 3.29. The number of aromatic nitrogens is 2. The number of carbonyl (C=O) groups excluding carboxylic acids is 1. The van der Waals surface area contributed by atoms with Crippen molar-refractivity contribution in [3.8, 4) is 5.75 Å². The molecule has 1 amide bonds. The summed E-state index contributed by atoms with van der Waals surface area (Å²) in [5.41, 5.74) is 0.981. The van der Waals surface area contributed by atoms with Gasteiger partial charge < -0.3 is 10.1 Å². The Labute approximate surface area is 128 Å². The van der Waals surface area contributed by atoms with Crippen LogP contribution in [0.5, 0.6) is 5.75 Å². The second-order valence-corrected chi connectivity index (χ2v) is 5.01. The van der Waals surface area contributed by atoms with E-state index < -0.39 is 6.61 Å². The van der Waals surface area contributed by atoms with Gasteiger partial charge in [-0.2, -0.15) is 13.9 Å². The number of para-hydroxylation sites is 2. The average Bonchev–Trinajstić information content (AvgIpc) is 2.72. The number of benzene rings is 1. The Morgan fingerprint density at radius 3 is 2.81 bits per heavy atom. The summed E-state index contributed by atoms with van der Waals surface area (Å²) in [5, 5.41) is 6.55. The van der Waals surface area contributed by atoms with E-state index in [0.717, 1.165) is 10.2 Å². The molecule has 0 aliphatic heterocycles. The molecule has 1 aromatic heterocycles. The van der Waals surface area contributed by atoms with E-state index in [0.29, 0.717) is 0 Å². The number of hydrogen-bond donors (Lipinski definition) is 1. The molecule has 0 saturated carbocycles. The van der Waals surface area contributed by atoms with Gasteiger partial charge in [-0.15, -0.1) is 0 Å². The van der Waals surface area contributed by atoms with Crippen LogP contribution in [0.15, 0.2) is 34.9 Å². The van der Waals surface area contributed by atoms with Crippen LogP contribution < -0.4 is 10.1 Å². The Morgan fingerprint density at radius 1 is 1.48 bits per heavy atom. The molecule has 8 heteroatoms. The molecule has 0 fully saturated rings. The van der Waals surface area contributed by atoms with Crippen molar-refractivity contribution in [2.45, 2.75) is 20.1 Å². The molecule has 0 radical (unpaired) electrons. The molecule has 1 N–H and O–H groups in total. The van der Waals surface area contributed by atoms with E-state index >= 15 is 0 Å². The van der Waals surface area contributed by atoms with Crippen LogP contribution in [0.1, 0.15) is 5.69 Å². The lowest BCUT2D eigenvalue weighted by atomic mass is 10.3. The van der Waals surface area contributed by atoms with E-state index in [-0.39, 0.29) is 23.9 Å². The maximum absolute atomic E-state index is 12.3. The third-order valence-electron chi connectivity index (χ3n) is 2.71. The van der Waals surface area contributed by atoms with Gasteiger partial charge >= 0.3 is 6.61 Å². The third kappa shape index (κ3) is 4.01. The molecule has 0 saturated heterocycles. The van der Waals surface area contributed by atoms with Gasteiger partial charge in [0.2, 0.25) is 5.91 Å². The highest BCUT2D eigenvalue weighted by Gasteiger charge is 2.13. The fourth-order valence-electron chi connectivity index (χ4n) is 1.68. The highest BCUT2D eigenvalue weighted by atomic mass is 79.9. The second-order valence-electron chi connectivity index (χ2n) is 4.16. The maximum Gasteiger partial charge on any atom is 0.387 e. The molecule has 5 nitrogen and oxygen atoms in total. The largest absolute Gasteiger partial charge is 0.433 e. The number of anilines is 1. The minimum Gasteiger partial charge on any atom is -0.433 e. The number of rotatable bonds is 5. The molecule has 2 rings (SSSR count). The predicted octanol–water partition coefficient (Wildman–Crippen LogP) is 3.19. The Hall–Kier alpha value is -1.96. The van der Waals surface area contributed by atoms with Gasteiger partial charge in [0.1, 0.15) is 12.3 Å². The van der Waals surface area contributed by atoms with Crippen molar-refractivity contribution in [3.05, 3.63) is 40.6 Å². The summed E-state index contributed by atoms with van der Waals surface area (Å²) in [6.45, 7) is -1.18. The number of hydrogen-bond acceptors (Lipinski definition) is 3. The Bertz CT molecular complexity index is 646. The van der Waals surface area contributed by atoms with Gasteiger partial charge in [0.15, 0.2) is 0 Å². The second kappa shape index (κ2) is 6.66. The molecular formula is C13H12BrF2N3O2. The standard InChI is InChI=1S/C13H12BrF2N3O2/c1-8-9(14)6-17-19(8)7-12(20)18-10-4-2-3-5-11(10)21-13(15)16/h2-6,13H,7H2,1H3,(H,18,20). The Kier molecular flexibility index (Phi) is 4.89. The summed E-state index contributed by atoms with van der Waals surface area (Å²) in [6.07, 6.45) is 1.58. The predicted molar refractivity (Wildman–Crippen MR) is 76.4 cm³/mol. The van der Waals surface area contributed by atoms with E-state index in [9.17, 15) is 13.6 Å². The molecule has 0 spiro atoms. The number of alkyl halides is 2. The molecule has 2 aromatic rings.